The van der Waals surface area contributed by atoms with E-state index in [1.54, 1.807) is 38.4 Å². The number of methoxy groups -OCH3 is 1. The second-order valence-electron chi connectivity index (χ2n) is 5.30. The van der Waals surface area contributed by atoms with Crippen molar-refractivity contribution in [3.05, 3.63) is 70.3 Å². The van der Waals surface area contributed by atoms with Gasteiger partial charge in [-0.1, -0.05) is 6.07 Å². The number of pyridine rings is 1. The molecule has 3 aromatic rings. The van der Waals surface area contributed by atoms with Gasteiger partial charge in [0.15, 0.2) is 0 Å². The topological polar surface area (TPSA) is 60.3 Å². The summed E-state index contributed by atoms with van der Waals surface area (Å²) in [5.74, 6) is -0.397. The van der Waals surface area contributed by atoms with E-state index in [9.17, 15) is 14.0 Å². The predicted molar refractivity (Wildman–Crippen MR) is 90.1 cm³/mol. The Balaban J connectivity index is 2.01. The van der Waals surface area contributed by atoms with Crippen LogP contribution in [0.25, 0.3) is 10.9 Å². The third-order valence-corrected chi connectivity index (χ3v) is 3.74. The quantitative estimate of drug-likeness (QED) is 0.805. The first-order valence-electron chi connectivity index (χ1n) is 7.24. The molecule has 1 heterocycles. The van der Waals surface area contributed by atoms with Crippen molar-refractivity contribution in [1.29, 1.82) is 0 Å². The second-order valence-corrected chi connectivity index (χ2v) is 5.30. The summed E-state index contributed by atoms with van der Waals surface area (Å²) in [7, 11) is 3.14. The molecule has 0 radical (unpaired) electrons. The Morgan fingerprint density at radius 1 is 1.17 bits per heavy atom. The lowest BCUT2D eigenvalue weighted by Gasteiger charge is -2.10. The molecule has 0 atom stereocenters. The molecule has 6 heteroatoms. The number of hydrogen-bond donors (Lipinski definition) is 1. The Kier molecular flexibility index (Phi) is 4.04. The molecule has 0 saturated carbocycles. The van der Waals surface area contributed by atoms with Crippen molar-refractivity contribution in [2.75, 3.05) is 12.4 Å². The summed E-state index contributed by atoms with van der Waals surface area (Å²) in [5.41, 5.74) is 0.144. The summed E-state index contributed by atoms with van der Waals surface area (Å²) in [6.07, 6.45) is 1.34. The molecule has 1 aromatic heterocycles. The SMILES string of the molecule is COc1ccc(NC(=O)c2cn(C)c3c(F)cccc3c2=O)cc1. The molecule has 0 saturated heterocycles. The minimum absolute atomic E-state index is 0.0496. The Morgan fingerprint density at radius 3 is 2.54 bits per heavy atom. The van der Waals surface area contributed by atoms with E-state index in [0.717, 1.165) is 0 Å². The standard InChI is InChI=1S/C18H15FN2O3/c1-21-10-14(17(22)13-4-3-5-15(19)16(13)21)18(23)20-11-6-8-12(24-2)9-7-11/h3-10H,1-2H3,(H,20,23). The van der Waals surface area contributed by atoms with E-state index in [2.05, 4.69) is 5.32 Å². The molecule has 1 amide bonds. The van der Waals surface area contributed by atoms with E-state index in [1.807, 2.05) is 0 Å². The van der Waals surface area contributed by atoms with Crippen LogP contribution in [-0.4, -0.2) is 17.6 Å². The van der Waals surface area contributed by atoms with Gasteiger partial charge in [0.05, 0.1) is 12.6 Å². The van der Waals surface area contributed by atoms with Gasteiger partial charge < -0.3 is 14.6 Å². The van der Waals surface area contributed by atoms with Crippen molar-refractivity contribution in [3.8, 4) is 5.75 Å². The van der Waals surface area contributed by atoms with Gasteiger partial charge in [0.25, 0.3) is 5.91 Å². The van der Waals surface area contributed by atoms with Crippen molar-refractivity contribution in [3.63, 3.8) is 0 Å². The van der Waals surface area contributed by atoms with Crippen LogP contribution >= 0.6 is 0 Å². The second kappa shape index (κ2) is 6.16. The largest absolute Gasteiger partial charge is 0.497 e. The van der Waals surface area contributed by atoms with Crippen LogP contribution in [0.4, 0.5) is 10.1 Å². The Hall–Kier alpha value is -3.15. The van der Waals surface area contributed by atoms with Crippen LogP contribution in [0.5, 0.6) is 5.75 Å². The molecule has 0 fully saturated rings. The Morgan fingerprint density at radius 2 is 1.88 bits per heavy atom. The van der Waals surface area contributed by atoms with Crippen molar-refractivity contribution in [2.45, 2.75) is 0 Å². The fourth-order valence-electron chi connectivity index (χ4n) is 2.55. The number of hydrogen-bond acceptors (Lipinski definition) is 3. The van der Waals surface area contributed by atoms with Crippen molar-refractivity contribution in [2.24, 2.45) is 7.05 Å². The maximum Gasteiger partial charge on any atom is 0.261 e. The zero-order valence-electron chi connectivity index (χ0n) is 13.2. The molecule has 0 aliphatic heterocycles. The highest BCUT2D eigenvalue weighted by Gasteiger charge is 2.16. The van der Waals surface area contributed by atoms with E-state index < -0.39 is 17.2 Å². The minimum Gasteiger partial charge on any atom is -0.497 e. The third kappa shape index (κ3) is 2.74. The van der Waals surface area contributed by atoms with E-state index in [4.69, 9.17) is 4.74 Å². The number of carbonyl (C=O) groups excluding carboxylic acids is 1. The predicted octanol–water partition coefficient (Wildman–Crippen LogP) is 2.94. The normalized spacial score (nSPS) is 10.6. The summed E-state index contributed by atoms with van der Waals surface area (Å²) in [4.78, 5) is 24.9. The summed E-state index contributed by atoms with van der Waals surface area (Å²) in [6.45, 7) is 0. The lowest BCUT2D eigenvalue weighted by molar-refractivity contribution is 0.102. The van der Waals surface area contributed by atoms with Gasteiger partial charge in [0.1, 0.15) is 17.1 Å². The molecule has 3 rings (SSSR count). The Bertz CT molecular complexity index is 978. The van der Waals surface area contributed by atoms with E-state index in [0.29, 0.717) is 11.4 Å². The van der Waals surface area contributed by atoms with Crippen LogP contribution in [0.2, 0.25) is 0 Å². The maximum atomic E-state index is 13.9. The number of carbonyl (C=O) groups is 1. The molecule has 0 spiro atoms. The molecule has 2 aromatic carbocycles. The van der Waals surface area contributed by atoms with Gasteiger partial charge in [-0.25, -0.2) is 4.39 Å². The molecular weight excluding hydrogens is 311 g/mol. The number of benzene rings is 2. The van der Waals surface area contributed by atoms with Crippen LogP contribution in [0.3, 0.4) is 0 Å². The van der Waals surface area contributed by atoms with Gasteiger partial charge in [-0.3, -0.25) is 9.59 Å². The molecule has 122 valence electrons. The number of anilines is 1. The van der Waals surface area contributed by atoms with Crippen LogP contribution in [0.15, 0.2) is 53.5 Å². The first-order chi connectivity index (χ1) is 11.5. The first-order valence-corrected chi connectivity index (χ1v) is 7.24. The van der Waals surface area contributed by atoms with Gasteiger partial charge in [0.2, 0.25) is 5.43 Å². The van der Waals surface area contributed by atoms with E-state index in [-0.39, 0.29) is 16.5 Å². The molecule has 5 nitrogen and oxygen atoms in total. The van der Waals surface area contributed by atoms with Gasteiger partial charge in [-0.05, 0) is 36.4 Å². The lowest BCUT2D eigenvalue weighted by atomic mass is 10.1. The number of para-hydroxylation sites is 1. The average molecular weight is 326 g/mol. The zero-order valence-corrected chi connectivity index (χ0v) is 13.2. The van der Waals surface area contributed by atoms with E-state index >= 15 is 0 Å². The maximum absolute atomic E-state index is 13.9. The summed E-state index contributed by atoms with van der Waals surface area (Å²) in [5, 5.41) is 2.82. The smallest absolute Gasteiger partial charge is 0.261 e. The number of rotatable bonds is 3. The summed E-state index contributed by atoms with van der Waals surface area (Å²) < 4.78 is 20.4. The fraction of sp³-hybridized carbons (Fsp3) is 0.111. The first kappa shape index (κ1) is 15.7. The number of aromatic nitrogens is 1. The lowest BCUT2D eigenvalue weighted by Crippen LogP contribution is -2.23. The number of fused-ring (bicyclic) bond motifs is 1. The molecule has 0 aliphatic rings. The number of amides is 1. The highest BCUT2D eigenvalue weighted by Crippen LogP contribution is 2.17. The van der Waals surface area contributed by atoms with Crippen LogP contribution < -0.4 is 15.5 Å². The average Bonchev–Trinajstić information content (AvgIpc) is 2.58. The van der Waals surface area contributed by atoms with Crippen LogP contribution in [0, 0.1) is 5.82 Å². The van der Waals surface area contributed by atoms with Crippen molar-refractivity contribution >= 4 is 22.5 Å². The molecule has 0 bridgehead atoms. The molecule has 0 aliphatic carbocycles. The summed E-state index contributed by atoms with van der Waals surface area (Å²) in [6, 6.07) is 11.0. The van der Waals surface area contributed by atoms with Gasteiger partial charge in [-0.15, -0.1) is 0 Å². The molecular formula is C18H15FN2O3. The monoisotopic (exact) mass is 326 g/mol. The third-order valence-electron chi connectivity index (χ3n) is 3.74. The number of aryl methyl sites for hydroxylation is 1. The molecule has 24 heavy (non-hydrogen) atoms. The zero-order chi connectivity index (χ0) is 17.3. The fourth-order valence-corrected chi connectivity index (χ4v) is 2.55. The number of nitrogens with zero attached hydrogens (tertiary/aromatic N) is 1. The van der Waals surface area contributed by atoms with Gasteiger partial charge >= 0.3 is 0 Å². The summed E-state index contributed by atoms with van der Waals surface area (Å²) >= 11 is 0. The number of nitrogens with one attached hydrogen (secondary N) is 1. The van der Waals surface area contributed by atoms with E-state index in [1.165, 1.54) is 29.0 Å². The molecule has 1 N–H and O–H groups in total. The van der Waals surface area contributed by atoms with Crippen molar-refractivity contribution < 1.29 is 13.9 Å². The highest BCUT2D eigenvalue weighted by atomic mass is 19.1. The van der Waals surface area contributed by atoms with Gasteiger partial charge in [-0.2, -0.15) is 0 Å². The minimum atomic E-state index is -0.549. The highest BCUT2D eigenvalue weighted by molar-refractivity contribution is 6.05. The van der Waals surface area contributed by atoms with Crippen molar-refractivity contribution in [1.82, 2.24) is 4.57 Å². The van der Waals surface area contributed by atoms with Crippen LogP contribution in [-0.2, 0) is 7.05 Å². The Labute approximate surface area is 137 Å². The molecule has 0 unspecified atom stereocenters. The van der Waals surface area contributed by atoms with Crippen LogP contribution in [0.1, 0.15) is 10.4 Å². The number of halogens is 1. The van der Waals surface area contributed by atoms with Gasteiger partial charge in [0, 0.05) is 24.3 Å². The number of ether oxygens (including phenoxy) is 1.